The molecule has 2 rings (SSSR count). The lowest BCUT2D eigenvalue weighted by molar-refractivity contribution is 0.625. The summed E-state index contributed by atoms with van der Waals surface area (Å²) >= 11 is 11.3. The Morgan fingerprint density at radius 1 is 0.875 bits per heavy atom. The second-order valence-electron chi connectivity index (χ2n) is 4.55. The highest BCUT2D eigenvalue weighted by Gasteiger charge is 2.00. The minimum absolute atomic E-state index is 0.214. The van der Waals surface area contributed by atoms with Crippen molar-refractivity contribution in [1.82, 2.24) is 10.9 Å². The maximum Gasteiger partial charge on any atom is 0.133 e. The summed E-state index contributed by atoms with van der Waals surface area (Å²) in [5.41, 5.74) is 5.55. The van der Waals surface area contributed by atoms with Crippen molar-refractivity contribution in [3.05, 3.63) is 81.6 Å². The Hall–Kier alpha value is -2.44. The molecule has 0 aromatic heterocycles. The number of rotatable bonds is 6. The van der Waals surface area contributed by atoms with E-state index in [1.54, 1.807) is 12.1 Å². The summed E-state index contributed by atoms with van der Waals surface area (Å²) in [6.07, 6.45) is 2.53. The van der Waals surface area contributed by atoms with Crippen LogP contribution in [0.3, 0.4) is 0 Å². The van der Waals surface area contributed by atoms with Crippen molar-refractivity contribution < 1.29 is 8.78 Å². The van der Waals surface area contributed by atoms with E-state index in [0.717, 1.165) is 0 Å². The van der Waals surface area contributed by atoms with Crippen LogP contribution in [0.15, 0.2) is 59.0 Å². The van der Waals surface area contributed by atoms with E-state index in [-0.39, 0.29) is 16.9 Å². The zero-order valence-corrected chi connectivity index (χ0v) is 13.7. The molecule has 0 saturated heterocycles. The molecule has 4 nitrogen and oxygen atoms in total. The van der Waals surface area contributed by atoms with Crippen molar-refractivity contribution in [3.8, 4) is 0 Å². The monoisotopic (exact) mass is 368 g/mol. The molecular weight excluding hydrogens is 357 g/mol. The molecule has 124 valence electrons. The first-order chi connectivity index (χ1) is 11.5. The van der Waals surface area contributed by atoms with Gasteiger partial charge in [0.15, 0.2) is 0 Å². The van der Waals surface area contributed by atoms with Crippen LogP contribution in [0.4, 0.5) is 8.78 Å². The number of hydrogen-bond donors (Lipinski definition) is 2. The highest BCUT2D eigenvalue weighted by atomic mass is 35.5. The van der Waals surface area contributed by atoms with E-state index in [0.29, 0.717) is 10.0 Å². The Bertz CT molecular complexity index is 741. The van der Waals surface area contributed by atoms with Gasteiger partial charge in [0.25, 0.3) is 0 Å². The Morgan fingerprint density at radius 3 is 1.67 bits per heavy atom. The lowest BCUT2D eigenvalue weighted by atomic mass is 10.2. The Labute approximate surface area is 147 Å². The fraction of sp³-hybridized carbons (Fsp3) is 0. The Kier molecular flexibility index (Phi) is 6.28. The number of hydrazone groups is 2. The third-order valence-electron chi connectivity index (χ3n) is 2.73. The highest BCUT2D eigenvalue weighted by Crippen LogP contribution is 2.13. The lowest BCUT2D eigenvalue weighted by Gasteiger charge is -2.03. The molecule has 0 aliphatic heterocycles. The van der Waals surface area contributed by atoms with Crippen LogP contribution in [0.25, 0.3) is 0 Å². The van der Waals surface area contributed by atoms with Crippen LogP contribution in [0.2, 0.25) is 10.0 Å². The average molecular weight is 369 g/mol. The van der Waals surface area contributed by atoms with E-state index >= 15 is 0 Å². The number of hydrogen-bond acceptors (Lipinski definition) is 4. The van der Waals surface area contributed by atoms with Gasteiger partial charge in [-0.05, 0) is 36.4 Å². The molecule has 0 spiro atoms. The van der Waals surface area contributed by atoms with Crippen molar-refractivity contribution in [2.45, 2.75) is 0 Å². The topological polar surface area (TPSA) is 48.8 Å². The number of nitrogens with one attached hydrogen (secondary N) is 2. The van der Waals surface area contributed by atoms with Gasteiger partial charge in [-0.15, -0.1) is 0 Å². The molecule has 24 heavy (non-hydrogen) atoms. The largest absolute Gasteiger partial charge is 0.262 e. The van der Waals surface area contributed by atoms with Gasteiger partial charge in [-0.25, -0.2) is 8.78 Å². The third-order valence-corrected chi connectivity index (χ3v) is 3.20. The van der Waals surface area contributed by atoms with Gasteiger partial charge >= 0.3 is 0 Å². The molecular formula is C16H12Cl2F2N4. The molecule has 0 amide bonds. The van der Waals surface area contributed by atoms with Crippen molar-refractivity contribution in [2.24, 2.45) is 10.2 Å². The zero-order chi connectivity index (χ0) is 17.5. The smallest absolute Gasteiger partial charge is 0.133 e. The number of benzene rings is 2. The molecule has 8 heteroatoms. The summed E-state index contributed by atoms with van der Waals surface area (Å²) in [6, 6.07) is 8.43. The van der Waals surface area contributed by atoms with Gasteiger partial charge in [-0.2, -0.15) is 10.2 Å². The van der Waals surface area contributed by atoms with Crippen LogP contribution in [0.5, 0.6) is 0 Å². The minimum atomic E-state index is -0.497. The summed E-state index contributed by atoms with van der Waals surface area (Å²) in [5.74, 6) is -0.781. The van der Waals surface area contributed by atoms with Crippen LogP contribution >= 0.6 is 23.2 Å². The molecule has 0 unspecified atom stereocenters. The van der Waals surface area contributed by atoms with E-state index in [1.165, 1.54) is 36.7 Å². The fourth-order valence-corrected chi connectivity index (χ4v) is 1.91. The molecule has 0 bridgehead atoms. The highest BCUT2D eigenvalue weighted by molar-refractivity contribution is 6.30. The van der Waals surface area contributed by atoms with Gasteiger partial charge in [-0.1, -0.05) is 29.8 Å². The summed E-state index contributed by atoms with van der Waals surface area (Å²) < 4.78 is 27.0. The molecule has 0 aliphatic carbocycles. The zero-order valence-electron chi connectivity index (χ0n) is 12.2. The standard InChI is InChI=1S/C16H12Cl2F2N4/c1-10(23-21-8-11-2-4-13(17)6-15(11)19)24-22-9-12-3-5-14(18)7-16(12)20/h2-9,23-24H,1H2/b21-8+,22-9+. The maximum atomic E-state index is 13.5. The minimum Gasteiger partial charge on any atom is -0.262 e. The fourth-order valence-electron chi connectivity index (χ4n) is 1.60. The molecule has 2 aromatic rings. The molecule has 0 radical (unpaired) electrons. The Balaban J connectivity index is 1.87. The molecule has 2 N–H and O–H groups in total. The van der Waals surface area contributed by atoms with Crippen LogP contribution in [0.1, 0.15) is 11.1 Å². The van der Waals surface area contributed by atoms with Crippen LogP contribution in [0, 0.1) is 11.6 Å². The Morgan fingerprint density at radius 2 is 1.29 bits per heavy atom. The van der Waals surface area contributed by atoms with E-state index in [9.17, 15) is 8.78 Å². The predicted molar refractivity (Wildman–Crippen MR) is 93.4 cm³/mol. The van der Waals surface area contributed by atoms with Crippen molar-refractivity contribution in [1.29, 1.82) is 0 Å². The van der Waals surface area contributed by atoms with Crippen LogP contribution < -0.4 is 10.9 Å². The molecule has 0 saturated carbocycles. The van der Waals surface area contributed by atoms with Crippen LogP contribution in [-0.2, 0) is 0 Å². The van der Waals surface area contributed by atoms with Gasteiger partial charge in [0.05, 0.1) is 12.4 Å². The molecule has 0 heterocycles. The summed E-state index contributed by atoms with van der Waals surface area (Å²) in [7, 11) is 0. The summed E-state index contributed by atoms with van der Waals surface area (Å²) in [4.78, 5) is 0. The normalized spacial score (nSPS) is 11.2. The molecule has 0 aliphatic rings. The number of nitrogens with zero attached hydrogens (tertiary/aromatic N) is 2. The van der Waals surface area contributed by atoms with E-state index in [2.05, 4.69) is 27.6 Å². The third kappa shape index (κ3) is 5.33. The maximum absolute atomic E-state index is 13.5. The van der Waals surface area contributed by atoms with Gasteiger partial charge in [0, 0.05) is 21.2 Å². The summed E-state index contributed by atoms with van der Waals surface area (Å²) in [6.45, 7) is 3.61. The van der Waals surface area contributed by atoms with Gasteiger partial charge < -0.3 is 0 Å². The first-order valence-electron chi connectivity index (χ1n) is 6.63. The number of halogens is 4. The predicted octanol–water partition coefficient (Wildman–Crippen LogP) is 4.29. The molecule has 0 atom stereocenters. The van der Waals surface area contributed by atoms with E-state index in [4.69, 9.17) is 23.2 Å². The second-order valence-corrected chi connectivity index (χ2v) is 5.42. The quantitative estimate of drug-likeness (QED) is 0.590. The van der Waals surface area contributed by atoms with Crippen molar-refractivity contribution in [3.63, 3.8) is 0 Å². The second kappa shape index (κ2) is 8.42. The SMILES string of the molecule is C=C(N/N=C/c1ccc(Cl)cc1F)N/N=C/c1ccc(Cl)cc1F. The van der Waals surface area contributed by atoms with Gasteiger partial charge in [0.2, 0.25) is 0 Å². The first-order valence-corrected chi connectivity index (χ1v) is 7.38. The van der Waals surface area contributed by atoms with Crippen LogP contribution in [-0.4, -0.2) is 12.4 Å². The average Bonchev–Trinajstić information content (AvgIpc) is 2.51. The first kappa shape index (κ1) is 17.9. The van der Waals surface area contributed by atoms with E-state index in [1.807, 2.05) is 0 Å². The summed E-state index contributed by atoms with van der Waals surface area (Å²) in [5, 5.41) is 8.20. The molecule has 0 fully saturated rings. The van der Waals surface area contributed by atoms with Crippen molar-refractivity contribution in [2.75, 3.05) is 0 Å². The lowest BCUT2D eigenvalue weighted by Crippen LogP contribution is -2.17. The van der Waals surface area contributed by atoms with Crippen molar-refractivity contribution >= 4 is 35.6 Å². The molecule has 2 aromatic carbocycles. The van der Waals surface area contributed by atoms with Gasteiger partial charge in [0.1, 0.15) is 17.5 Å². The van der Waals surface area contributed by atoms with Gasteiger partial charge in [-0.3, -0.25) is 10.9 Å². The van der Waals surface area contributed by atoms with E-state index < -0.39 is 11.6 Å².